The van der Waals surface area contributed by atoms with Gasteiger partial charge in [-0.1, -0.05) is 42.5 Å². The summed E-state index contributed by atoms with van der Waals surface area (Å²) < 4.78 is 5.41. The van der Waals surface area contributed by atoms with Crippen molar-refractivity contribution in [1.29, 1.82) is 0 Å². The molecular weight excluding hydrogens is 408 g/mol. The van der Waals surface area contributed by atoms with Crippen LogP contribution < -0.4 is 21.1 Å². The Bertz CT molecular complexity index is 1250. The van der Waals surface area contributed by atoms with E-state index < -0.39 is 12.0 Å². The van der Waals surface area contributed by atoms with Gasteiger partial charge in [0.1, 0.15) is 0 Å². The number of nitrogens with two attached hydrogens (primary N) is 1. The molecule has 9 heteroatoms. The van der Waals surface area contributed by atoms with Crippen LogP contribution in [0.4, 0.5) is 22.0 Å². The number of carbonyl (C=O) groups is 2. The average molecular weight is 426 g/mol. The molecule has 0 aliphatic carbocycles. The molecule has 0 bridgehead atoms. The Morgan fingerprint density at radius 1 is 0.844 bits per heavy atom. The number of aromatic nitrogens is 3. The first-order valence-electron chi connectivity index (χ1n) is 9.58. The van der Waals surface area contributed by atoms with E-state index in [0.29, 0.717) is 11.4 Å². The summed E-state index contributed by atoms with van der Waals surface area (Å²) in [7, 11) is 0. The summed E-state index contributed by atoms with van der Waals surface area (Å²) in [5.74, 6) is -0.238. The van der Waals surface area contributed by atoms with Crippen molar-refractivity contribution in [1.82, 2.24) is 15.2 Å². The molecule has 0 unspecified atom stereocenters. The highest BCUT2D eigenvalue weighted by atomic mass is 16.5. The van der Waals surface area contributed by atoms with Crippen molar-refractivity contribution in [2.75, 3.05) is 16.4 Å². The zero-order valence-electron chi connectivity index (χ0n) is 16.7. The molecule has 0 aliphatic rings. The van der Waals surface area contributed by atoms with Crippen LogP contribution in [0.2, 0.25) is 0 Å². The van der Waals surface area contributed by atoms with Crippen molar-refractivity contribution in [3.8, 4) is 17.0 Å². The van der Waals surface area contributed by atoms with E-state index in [4.69, 9.17) is 10.5 Å². The lowest BCUT2D eigenvalue weighted by molar-refractivity contribution is 0.0736. The second-order valence-electron chi connectivity index (χ2n) is 6.60. The summed E-state index contributed by atoms with van der Waals surface area (Å²) in [4.78, 5) is 28.7. The van der Waals surface area contributed by atoms with Gasteiger partial charge in [-0.25, -0.2) is 9.59 Å². The van der Waals surface area contributed by atoms with E-state index in [1.54, 1.807) is 36.4 Å². The van der Waals surface area contributed by atoms with Gasteiger partial charge in [0.05, 0.1) is 28.8 Å². The lowest BCUT2D eigenvalue weighted by atomic mass is 10.1. The number of esters is 1. The number of hydrogen-bond donors (Lipinski definition) is 3. The normalized spacial score (nSPS) is 10.2. The van der Waals surface area contributed by atoms with Crippen molar-refractivity contribution in [2.45, 2.75) is 0 Å². The molecule has 0 saturated heterocycles. The Morgan fingerprint density at radius 2 is 1.62 bits per heavy atom. The number of benzene rings is 2. The van der Waals surface area contributed by atoms with Gasteiger partial charge in [0.15, 0.2) is 11.6 Å². The van der Waals surface area contributed by atoms with Gasteiger partial charge in [-0.2, -0.15) is 0 Å². The molecule has 0 spiro atoms. The van der Waals surface area contributed by atoms with Gasteiger partial charge < -0.3 is 15.8 Å². The first-order valence-corrected chi connectivity index (χ1v) is 9.58. The molecule has 2 amide bonds. The van der Waals surface area contributed by atoms with E-state index in [-0.39, 0.29) is 22.8 Å². The molecule has 2 aromatic carbocycles. The van der Waals surface area contributed by atoms with E-state index in [1.807, 2.05) is 30.3 Å². The van der Waals surface area contributed by atoms with Gasteiger partial charge in [-0.3, -0.25) is 10.3 Å². The lowest BCUT2D eigenvalue weighted by Crippen LogP contribution is -2.21. The van der Waals surface area contributed by atoms with Crippen LogP contribution in [-0.4, -0.2) is 27.2 Å². The Kier molecular flexibility index (Phi) is 5.98. The molecule has 0 radical (unpaired) electrons. The number of nitrogens with one attached hydrogen (secondary N) is 2. The standard InChI is InChI=1S/C23H18N6O3/c24-17-14-25-13-12-16(17)22(30)32-20-9-5-4-8-19(20)26-23(31)27-21-11-10-18(28-29-21)15-6-2-1-3-7-15/h1-14H,24H2,(H2,26,27,29,31). The average Bonchev–Trinajstić information content (AvgIpc) is 2.81. The van der Waals surface area contributed by atoms with Crippen LogP contribution >= 0.6 is 0 Å². The fraction of sp³-hybridized carbons (Fsp3) is 0. The van der Waals surface area contributed by atoms with Crippen LogP contribution in [0, 0.1) is 0 Å². The Hall–Kier alpha value is -4.79. The molecule has 158 valence electrons. The number of nitrogen functional groups attached to an aromatic ring is 1. The van der Waals surface area contributed by atoms with Crippen LogP contribution in [0.5, 0.6) is 5.75 Å². The second-order valence-corrected chi connectivity index (χ2v) is 6.60. The number of amides is 2. The molecular formula is C23H18N6O3. The van der Waals surface area contributed by atoms with Crippen LogP contribution in [0.25, 0.3) is 11.3 Å². The summed E-state index contributed by atoms with van der Waals surface area (Å²) in [6.45, 7) is 0. The largest absolute Gasteiger partial charge is 0.421 e. The van der Waals surface area contributed by atoms with Gasteiger partial charge in [0.2, 0.25) is 0 Å². The summed E-state index contributed by atoms with van der Waals surface area (Å²) in [6, 6.07) is 20.4. The number of anilines is 3. The van der Waals surface area contributed by atoms with Gasteiger partial charge in [0.25, 0.3) is 0 Å². The van der Waals surface area contributed by atoms with Crippen LogP contribution in [0.1, 0.15) is 10.4 Å². The number of nitrogens with zero attached hydrogens (tertiary/aromatic N) is 3. The Morgan fingerprint density at radius 3 is 2.38 bits per heavy atom. The molecule has 2 aromatic heterocycles. The smallest absolute Gasteiger partial charge is 0.345 e. The number of rotatable bonds is 5. The van der Waals surface area contributed by atoms with E-state index >= 15 is 0 Å². The number of ether oxygens (including phenoxy) is 1. The minimum atomic E-state index is -0.665. The molecule has 4 N–H and O–H groups in total. The van der Waals surface area contributed by atoms with Crippen molar-refractivity contribution >= 4 is 29.2 Å². The number of pyridine rings is 1. The quantitative estimate of drug-likeness (QED) is 0.325. The van der Waals surface area contributed by atoms with Gasteiger partial charge in [-0.15, -0.1) is 10.2 Å². The topological polar surface area (TPSA) is 132 Å². The van der Waals surface area contributed by atoms with E-state index in [0.717, 1.165) is 5.56 Å². The second kappa shape index (κ2) is 9.35. The molecule has 4 rings (SSSR count). The van der Waals surface area contributed by atoms with Crippen molar-refractivity contribution in [3.05, 3.63) is 90.8 Å². The zero-order valence-corrected chi connectivity index (χ0v) is 16.7. The monoisotopic (exact) mass is 426 g/mol. The van der Waals surface area contributed by atoms with Crippen molar-refractivity contribution in [3.63, 3.8) is 0 Å². The third-order valence-corrected chi connectivity index (χ3v) is 4.39. The molecule has 4 aromatic rings. The summed E-state index contributed by atoms with van der Waals surface area (Å²) in [6.07, 6.45) is 2.80. The maximum Gasteiger partial charge on any atom is 0.345 e. The third-order valence-electron chi connectivity index (χ3n) is 4.39. The van der Waals surface area contributed by atoms with Crippen LogP contribution in [-0.2, 0) is 0 Å². The fourth-order valence-corrected chi connectivity index (χ4v) is 2.84. The van der Waals surface area contributed by atoms with E-state index in [2.05, 4.69) is 25.8 Å². The lowest BCUT2D eigenvalue weighted by Gasteiger charge is -2.12. The third kappa shape index (κ3) is 4.85. The van der Waals surface area contributed by atoms with Gasteiger partial charge >= 0.3 is 12.0 Å². The maximum atomic E-state index is 12.4. The molecule has 9 nitrogen and oxygen atoms in total. The van der Waals surface area contributed by atoms with Crippen molar-refractivity contribution < 1.29 is 14.3 Å². The maximum absolute atomic E-state index is 12.4. The summed E-state index contributed by atoms with van der Waals surface area (Å²) in [5, 5.41) is 13.4. The fourth-order valence-electron chi connectivity index (χ4n) is 2.84. The number of urea groups is 1. The van der Waals surface area contributed by atoms with Crippen LogP contribution in [0.3, 0.4) is 0 Å². The first kappa shape index (κ1) is 20.5. The predicted molar refractivity (Wildman–Crippen MR) is 120 cm³/mol. The number of hydrogen-bond acceptors (Lipinski definition) is 7. The minimum Gasteiger partial charge on any atom is -0.421 e. The minimum absolute atomic E-state index is 0.161. The highest BCUT2D eigenvalue weighted by molar-refractivity contribution is 6.01. The van der Waals surface area contributed by atoms with Crippen LogP contribution in [0.15, 0.2) is 85.2 Å². The first-order chi connectivity index (χ1) is 15.6. The van der Waals surface area contributed by atoms with Gasteiger partial charge in [-0.05, 0) is 30.3 Å². The van der Waals surface area contributed by atoms with E-state index in [1.165, 1.54) is 18.5 Å². The highest BCUT2D eigenvalue weighted by Gasteiger charge is 2.15. The summed E-state index contributed by atoms with van der Waals surface area (Å²) >= 11 is 0. The number of carbonyl (C=O) groups excluding carboxylic acids is 2. The zero-order chi connectivity index (χ0) is 22.3. The van der Waals surface area contributed by atoms with Crippen molar-refractivity contribution in [2.24, 2.45) is 0 Å². The number of para-hydroxylation sites is 2. The SMILES string of the molecule is Nc1cnccc1C(=O)Oc1ccccc1NC(=O)Nc1ccc(-c2ccccc2)nn1. The molecule has 0 saturated carbocycles. The molecule has 32 heavy (non-hydrogen) atoms. The molecule has 0 atom stereocenters. The predicted octanol–water partition coefficient (Wildman–Crippen LogP) is 3.98. The Labute approximate surface area is 183 Å². The van der Waals surface area contributed by atoms with Gasteiger partial charge in [0, 0.05) is 11.8 Å². The Balaban J connectivity index is 1.43. The summed E-state index contributed by atoms with van der Waals surface area (Å²) in [5.41, 5.74) is 8.03. The van der Waals surface area contributed by atoms with E-state index in [9.17, 15) is 9.59 Å². The molecule has 0 aliphatic heterocycles. The molecule has 2 heterocycles. The highest BCUT2D eigenvalue weighted by Crippen LogP contribution is 2.26. The molecule has 0 fully saturated rings.